The van der Waals surface area contributed by atoms with E-state index >= 15 is 4.39 Å². The second-order valence-corrected chi connectivity index (χ2v) is 9.65. The molecule has 0 saturated heterocycles. The van der Waals surface area contributed by atoms with Gasteiger partial charge in [0.05, 0.1) is 22.8 Å². The SMILES string of the molecule is Cc1nc(N[C@H](C)c2cccc(C(F)(F)C(C)(C)O)c2F)c2cc3c(cc2n1)N(C)C(=O)[C@]3(C)O. The number of aromatic nitrogens is 2. The van der Waals surface area contributed by atoms with Crippen molar-refractivity contribution in [2.75, 3.05) is 17.3 Å². The number of likely N-dealkylation sites (N-methyl/N-ethyl adjacent to an activating group) is 1. The van der Waals surface area contributed by atoms with E-state index in [1.165, 1.54) is 24.0 Å². The maximum absolute atomic E-state index is 15.3. The molecule has 35 heavy (non-hydrogen) atoms. The lowest BCUT2D eigenvalue weighted by molar-refractivity contribution is -0.170. The summed E-state index contributed by atoms with van der Waals surface area (Å²) in [7, 11) is 1.56. The lowest BCUT2D eigenvalue weighted by Crippen LogP contribution is -2.41. The predicted octanol–water partition coefficient (Wildman–Crippen LogP) is 4.30. The third-order valence-electron chi connectivity index (χ3n) is 6.49. The maximum atomic E-state index is 15.3. The molecule has 0 unspecified atom stereocenters. The van der Waals surface area contributed by atoms with Crippen LogP contribution in [-0.4, -0.2) is 38.7 Å². The van der Waals surface area contributed by atoms with E-state index in [4.69, 9.17) is 0 Å². The Bertz CT molecular complexity index is 1350. The lowest BCUT2D eigenvalue weighted by atomic mass is 9.91. The molecule has 3 aromatic rings. The summed E-state index contributed by atoms with van der Waals surface area (Å²) in [5.41, 5.74) is -3.78. The number of alkyl halides is 2. The molecule has 4 rings (SSSR count). The smallest absolute Gasteiger partial charge is 0.303 e. The van der Waals surface area contributed by atoms with Gasteiger partial charge in [0.2, 0.25) is 0 Å². The van der Waals surface area contributed by atoms with Crippen LogP contribution >= 0.6 is 0 Å². The van der Waals surface area contributed by atoms with Crippen molar-refractivity contribution in [3.63, 3.8) is 0 Å². The van der Waals surface area contributed by atoms with Gasteiger partial charge in [0.25, 0.3) is 5.91 Å². The monoisotopic (exact) mass is 488 g/mol. The molecule has 1 aliphatic rings. The van der Waals surface area contributed by atoms with Crippen LogP contribution in [0.5, 0.6) is 0 Å². The second-order valence-electron chi connectivity index (χ2n) is 9.65. The van der Waals surface area contributed by atoms with Gasteiger partial charge in [0.15, 0.2) is 5.60 Å². The Labute approximate surface area is 200 Å². The normalized spacial score (nSPS) is 19.3. The summed E-state index contributed by atoms with van der Waals surface area (Å²) in [5.74, 6) is -4.75. The highest BCUT2D eigenvalue weighted by Crippen LogP contribution is 2.43. The van der Waals surface area contributed by atoms with E-state index in [1.807, 2.05) is 0 Å². The minimum absolute atomic E-state index is 0.0427. The number of nitrogens with one attached hydrogen (secondary N) is 1. The molecule has 7 nitrogen and oxygen atoms in total. The number of benzene rings is 2. The van der Waals surface area contributed by atoms with Crippen LogP contribution in [0.3, 0.4) is 0 Å². The molecule has 0 bridgehead atoms. The number of amides is 1. The summed E-state index contributed by atoms with van der Waals surface area (Å²) in [4.78, 5) is 22.7. The highest BCUT2D eigenvalue weighted by molar-refractivity contribution is 6.09. The number of aliphatic hydroxyl groups is 2. The summed E-state index contributed by atoms with van der Waals surface area (Å²) < 4.78 is 44.7. The van der Waals surface area contributed by atoms with Crippen molar-refractivity contribution < 1.29 is 28.2 Å². The molecule has 0 radical (unpaired) electrons. The van der Waals surface area contributed by atoms with E-state index in [-0.39, 0.29) is 5.56 Å². The lowest BCUT2D eigenvalue weighted by Gasteiger charge is -2.30. The number of anilines is 2. The molecule has 0 spiro atoms. The molecule has 3 N–H and O–H groups in total. The minimum atomic E-state index is -3.82. The number of carbonyl (C=O) groups is 1. The van der Waals surface area contributed by atoms with Gasteiger partial charge in [0.1, 0.15) is 23.1 Å². The Hall–Kier alpha value is -3.24. The fourth-order valence-corrected chi connectivity index (χ4v) is 4.35. The van der Waals surface area contributed by atoms with Crippen LogP contribution in [0.4, 0.5) is 24.7 Å². The number of halogens is 3. The summed E-state index contributed by atoms with van der Waals surface area (Å²) in [6.07, 6.45) is 0. The largest absolute Gasteiger partial charge is 0.384 e. The van der Waals surface area contributed by atoms with Crippen molar-refractivity contribution in [2.45, 2.75) is 57.8 Å². The molecule has 2 atom stereocenters. The Morgan fingerprint density at radius 3 is 2.49 bits per heavy atom. The van der Waals surface area contributed by atoms with Gasteiger partial charge in [0, 0.05) is 23.6 Å². The third kappa shape index (κ3) is 3.81. The molecule has 0 fully saturated rings. The van der Waals surface area contributed by atoms with E-state index < -0.39 is 40.5 Å². The number of nitrogens with zero attached hydrogens (tertiary/aromatic N) is 3. The summed E-state index contributed by atoms with van der Waals surface area (Å²) in [6.45, 7) is 6.50. The molecular formula is C25H27F3N4O3. The minimum Gasteiger partial charge on any atom is -0.384 e. The number of hydrogen-bond acceptors (Lipinski definition) is 6. The molecular weight excluding hydrogens is 461 g/mol. The van der Waals surface area contributed by atoms with Gasteiger partial charge >= 0.3 is 5.92 Å². The standard InChI is InChI=1S/C25H27F3N4O3/c1-12(14-8-7-9-16(20(14)26)25(27,28)23(3,4)34)29-21-15-10-17-19(11-18(15)30-13(2)31-21)32(6)22(33)24(17,5)35/h7-12,34-35H,1-6H3,(H,29,30,31)/t12-,24-/m1/s1. The number of fused-ring (bicyclic) bond motifs is 2. The van der Waals surface area contributed by atoms with Crippen molar-refractivity contribution in [1.29, 1.82) is 0 Å². The Balaban J connectivity index is 1.80. The van der Waals surface area contributed by atoms with E-state index in [0.29, 0.717) is 33.8 Å². The predicted molar refractivity (Wildman–Crippen MR) is 126 cm³/mol. The first kappa shape index (κ1) is 24.9. The number of aryl methyl sites for hydroxylation is 1. The fourth-order valence-electron chi connectivity index (χ4n) is 4.35. The van der Waals surface area contributed by atoms with E-state index in [9.17, 15) is 23.8 Å². The average molecular weight is 489 g/mol. The van der Waals surface area contributed by atoms with Gasteiger partial charge < -0.3 is 20.4 Å². The molecule has 10 heteroatoms. The Morgan fingerprint density at radius 2 is 1.86 bits per heavy atom. The zero-order valence-corrected chi connectivity index (χ0v) is 20.2. The first-order valence-electron chi connectivity index (χ1n) is 11.1. The zero-order chi connectivity index (χ0) is 26.1. The van der Waals surface area contributed by atoms with Crippen molar-refractivity contribution in [2.24, 2.45) is 0 Å². The number of carbonyl (C=O) groups excluding carboxylic acids is 1. The quantitative estimate of drug-likeness (QED) is 0.496. The highest BCUT2D eigenvalue weighted by atomic mass is 19.3. The molecule has 2 heterocycles. The van der Waals surface area contributed by atoms with Gasteiger partial charge in [-0.3, -0.25) is 4.79 Å². The second kappa shape index (κ2) is 7.89. The number of rotatable bonds is 5. The van der Waals surface area contributed by atoms with Gasteiger partial charge in [-0.1, -0.05) is 12.1 Å². The average Bonchev–Trinajstić information content (AvgIpc) is 2.91. The van der Waals surface area contributed by atoms with Gasteiger partial charge in [-0.15, -0.1) is 0 Å². The van der Waals surface area contributed by atoms with E-state index in [0.717, 1.165) is 19.9 Å². The van der Waals surface area contributed by atoms with Crippen molar-refractivity contribution >= 4 is 28.3 Å². The summed E-state index contributed by atoms with van der Waals surface area (Å²) in [6, 6.07) is 6.11. The Kier molecular flexibility index (Phi) is 5.61. The van der Waals surface area contributed by atoms with Crippen LogP contribution in [0.2, 0.25) is 0 Å². The van der Waals surface area contributed by atoms with E-state index in [2.05, 4.69) is 15.3 Å². The fraction of sp³-hybridized carbons (Fsp3) is 0.400. The van der Waals surface area contributed by atoms with Crippen LogP contribution in [0, 0.1) is 12.7 Å². The summed E-state index contributed by atoms with van der Waals surface area (Å²) >= 11 is 0. The maximum Gasteiger partial charge on any atom is 0.303 e. The van der Waals surface area contributed by atoms with Crippen molar-refractivity contribution in [3.8, 4) is 0 Å². The summed E-state index contributed by atoms with van der Waals surface area (Å²) in [5, 5.41) is 24.2. The molecule has 1 amide bonds. The molecule has 186 valence electrons. The highest BCUT2D eigenvalue weighted by Gasteiger charge is 2.49. The first-order chi connectivity index (χ1) is 16.1. The molecule has 0 aliphatic carbocycles. The van der Waals surface area contributed by atoms with Gasteiger partial charge in [-0.05, 0) is 52.8 Å². The van der Waals surface area contributed by atoms with Crippen LogP contribution in [-0.2, 0) is 16.3 Å². The first-order valence-corrected chi connectivity index (χ1v) is 11.1. The molecule has 1 aromatic heterocycles. The molecule has 2 aromatic carbocycles. The van der Waals surface area contributed by atoms with Crippen molar-refractivity contribution in [1.82, 2.24) is 9.97 Å². The van der Waals surface area contributed by atoms with Gasteiger partial charge in [-0.2, -0.15) is 8.78 Å². The van der Waals surface area contributed by atoms with Crippen molar-refractivity contribution in [3.05, 3.63) is 58.7 Å². The third-order valence-corrected chi connectivity index (χ3v) is 6.49. The number of hydrogen-bond donors (Lipinski definition) is 3. The topological polar surface area (TPSA) is 98.6 Å². The molecule has 1 aliphatic heterocycles. The van der Waals surface area contributed by atoms with Crippen LogP contribution < -0.4 is 10.2 Å². The van der Waals surface area contributed by atoms with Crippen LogP contribution in [0.15, 0.2) is 30.3 Å². The zero-order valence-electron chi connectivity index (χ0n) is 20.2. The van der Waals surface area contributed by atoms with Gasteiger partial charge in [-0.25, -0.2) is 14.4 Å². The van der Waals surface area contributed by atoms with Crippen LogP contribution in [0.25, 0.3) is 10.9 Å². The Morgan fingerprint density at radius 1 is 1.20 bits per heavy atom. The van der Waals surface area contributed by atoms with E-state index in [1.54, 1.807) is 33.0 Å². The van der Waals surface area contributed by atoms with Crippen LogP contribution in [0.1, 0.15) is 56.3 Å². The molecule has 0 saturated carbocycles.